The van der Waals surface area contributed by atoms with E-state index >= 15 is 0 Å². The first kappa shape index (κ1) is 20.6. The Bertz CT molecular complexity index is 687. The third kappa shape index (κ3) is 5.09. The minimum atomic E-state index is -0.969. The lowest BCUT2D eigenvalue weighted by molar-refractivity contribution is 0.00488. The second-order valence-electron chi connectivity index (χ2n) is 8.90. The summed E-state index contributed by atoms with van der Waals surface area (Å²) in [5, 5.41) is 12.0. The zero-order valence-electron chi connectivity index (χ0n) is 17.7. The number of nitrogens with zero attached hydrogens (tertiary/aromatic N) is 2. The summed E-state index contributed by atoms with van der Waals surface area (Å²) in [5.74, 6) is 0. The first-order chi connectivity index (χ1) is 14.3. The Labute approximate surface area is 176 Å². The number of aliphatic hydroxyl groups is 1. The maximum atomic E-state index is 12.0. The molecule has 0 aliphatic carbocycles. The fourth-order valence-electron chi connectivity index (χ4n) is 5.18. The van der Waals surface area contributed by atoms with Gasteiger partial charge in [-0.2, -0.15) is 0 Å². The Balaban J connectivity index is 1.52. The van der Waals surface area contributed by atoms with Gasteiger partial charge < -0.3 is 10.0 Å². The molecule has 4 rings (SSSR count). The maximum Gasteiger partial charge on any atom is 0.127 e. The number of rotatable bonds is 7. The van der Waals surface area contributed by atoms with Gasteiger partial charge in [0.05, 0.1) is 0 Å². The van der Waals surface area contributed by atoms with Crippen LogP contribution >= 0.6 is 0 Å². The smallest absolute Gasteiger partial charge is 0.127 e. The summed E-state index contributed by atoms with van der Waals surface area (Å²) in [6, 6.07) is 21.0. The van der Waals surface area contributed by atoms with Gasteiger partial charge in [-0.1, -0.05) is 73.5 Å². The average molecular weight is 393 g/mol. The highest BCUT2D eigenvalue weighted by molar-refractivity contribution is 5.36. The highest BCUT2D eigenvalue weighted by Crippen LogP contribution is 2.33. The Morgan fingerprint density at radius 2 is 1.34 bits per heavy atom. The summed E-state index contributed by atoms with van der Waals surface area (Å²) in [6.45, 7) is 5.50. The normalized spacial score (nSPS) is 21.9. The van der Waals surface area contributed by atoms with Crippen LogP contribution in [-0.4, -0.2) is 53.7 Å². The van der Waals surface area contributed by atoms with Gasteiger partial charge in [0.1, 0.15) is 5.60 Å². The van der Waals surface area contributed by atoms with E-state index in [1.54, 1.807) is 0 Å². The van der Waals surface area contributed by atoms with Gasteiger partial charge in [0.25, 0.3) is 0 Å². The van der Waals surface area contributed by atoms with Gasteiger partial charge in [-0.15, -0.1) is 0 Å². The SMILES string of the molecule is OC(CN1CCCCC1CCN1CCCCC1)(c1ccccc1)c1ccccc1. The Morgan fingerprint density at radius 1 is 0.759 bits per heavy atom. The van der Waals surface area contributed by atoms with E-state index in [1.165, 1.54) is 64.6 Å². The number of likely N-dealkylation sites (tertiary alicyclic amines) is 2. The lowest BCUT2D eigenvalue weighted by Crippen LogP contribution is -2.49. The van der Waals surface area contributed by atoms with Crippen LogP contribution in [0.4, 0.5) is 0 Å². The number of β-amino-alcohol motifs (C(OH)–C–C–N with tert-alkyl or cyclic N) is 1. The summed E-state index contributed by atoms with van der Waals surface area (Å²) in [4.78, 5) is 5.23. The first-order valence-corrected chi connectivity index (χ1v) is 11.6. The zero-order valence-corrected chi connectivity index (χ0v) is 17.7. The molecular weight excluding hydrogens is 356 g/mol. The van der Waals surface area contributed by atoms with Crippen molar-refractivity contribution < 1.29 is 5.11 Å². The van der Waals surface area contributed by atoms with Crippen LogP contribution in [0.25, 0.3) is 0 Å². The first-order valence-electron chi connectivity index (χ1n) is 11.6. The molecule has 0 saturated carbocycles. The molecular formula is C26H36N2O. The van der Waals surface area contributed by atoms with Crippen molar-refractivity contribution in [1.29, 1.82) is 0 Å². The summed E-state index contributed by atoms with van der Waals surface area (Å²) in [6.07, 6.45) is 9.14. The number of piperidine rings is 2. The van der Waals surface area contributed by atoms with Crippen LogP contribution in [0.3, 0.4) is 0 Å². The molecule has 0 bridgehead atoms. The average Bonchev–Trinajstić information content (AvgIpc) is 2.80. The minimum Gasteiger partial charge on any atom is -0.379 e. The number of hydrogen-bond donors (Lipinski definition) is 1. The summed E-state index contributed by atoms with van der Waals surface area (Å²) < 4.78 is 0. The van der Waals surface area contributed by atoms with E-state index in [9.17, 15) is 5.11 Å². The third-order valence-corrected chi connectivity index (χ3v) is 6.91. The van der Waals surface area contributed by atoms with Gasteiger partial charge in [0.2, 0.25) is 0 Å². The van der Waals surface area contributed by atoms with E-state index in [0.717, 1.165) is 17.7 Å². The van der Waals surface area contributed by atoms with Crippen LogP contribution in [0.1, 0.15) is 56.1 Å². The molecule has 2 aliphatic heterocycles. The van der Waals surface area contributed by atoms with Crippen LogP contribution in [0.2, 0.25) is 0 Å². The topological polar surface area (TPSA) is 26.7 Å². The molecule has 3 nitrogen and oxygen atoms in total. The van der Waals surface area contributed by atoms with E-state index in [-0.39, 0.29) is 0 Å². The van der Waals surface area contributed by atoms with Crippen molar-refractivity contribution in [2.24, 2.45) is 0 Å². The van der Waals surface area contributed by atoms with Gasteiger partial charge in [-0.25, -0.2) is 0 Å². The molecule has 0 amide bonds. The molecule has 2 aromatic carbocycles. The van der Waals surface area contributed by atoms with E-state index in [4.69, 9.17) is 0 Å². The Kier molecular flexibility index (Phi) is 7.02. The Hall–Kier alpha value is -1.68. The quantitative estimate of drug-likeness (QED) is 0.743. The maximum absolute atomic E-state index is 12.0. The molecule has 1 N–H and O–H groups in total. The summed E-state index contributed by atoms with van der Waals surface area (Å²) in [7, 11) is 0. The van der Waals surface area contributed by atoms with E-state index in [0.29, 0.717) is 12.6 Å². The molecule has 2 fully saturated rings. The minimum absolute atomic E-state index is 0.574. The van der Waals surface area contributed by atoms with E-state index < -0.39 is 5.60 Å². The molecule has 0 spiro atoms. The third-order valence-electron chi connectivity index (χ3n) is 6.91. The van der Waals surface area contributed by atoms with Crippen LogP contribution < -0.4 is 0 Å². The van der Waals surface area contributed by atoms with Crippen molar-refractivity contribution in [3.8, 4) is 0 Å². The van der Waals surface area contributed by atoms with Crippen LogP contribution in [-0.2, 0) is 5.60 Å². The fourth-order valence-corrected chi connectivity index (χ4v) is 5.18. The molecule has 1 atom stereocenters. The lowest BCUT2D eigenvalue weighted by Gasteiger charge is -2.42. The van der Waals surface area contributed by atoms with Gasteiger partial charge >= 0.3 is 0 Å². The van der Waals surface area contributed by atoms with Crippen LogP contribution in [0.15, 0.2) is 60.7 Å². The van der Waals surface area contributed by atoms with Crippen LogP contribution in [0.5, 0.6) is 0 Å². The van der Waals surface area contributed by atoms with Gasteiger partial charge in [-0.05, 0) is 69.4 Å². The monoisotopic (exact) mass is 392 g/mol. The predicted octanol–water partition coefficient (Wildman–Crippen LogP) is 4.65. The van der Waals surface area contributed by atoms with Crippen molar-refractivity contribution in [3.63, 3.8) is 0 Å². The second-order valence-corrected chi connectivity index (χ2v) is 8.90. The molecule has 2 heterocycles. The lowest BCUT2D eigenvalue weighted by atomic mass is 9.84. The standard InChI is InChI=1S/C26H36N2O/c29-26(23-12-4-1-5-13-23,24-14-6-2-7-15-24)22-28-20-11-8-16-25(28)17-21-27-18-9-3-10-19-27/h1-2,4-7,12-15,25,29H,3,8-11,16-22H2. The largest absolute Gasteiger partial charge is 0.379 e. The Morgan fingerprint density at radius 3 is 1.97 bits per heavy atom. The highest BCUT2D eigenvalue weighted by Gasteiger charge is 2.36. The van der Waals surface area contributed by atoms with Crippen molar-refractivity contribution in [2.45, 2.75) is 56.6 Å². The molecule has 2 aromatic rings. The number of benzene rings is 2. The van der Waals surface area contributed by atoms with E-state index in [2.05, 4.69) is 34.1 Å². The molecule has 156 valence electrons. The van der Waals surface area contributed by atoms with Gasteiger partial charge in [0, 0.05) is 12.6 Å². The van der Waals surface area contributed by atoms with Crippen molar-refractivity contribution in [2.75, 3.05) is 32.7 Å². The number of hydrogen-bond acceptors (Lipinski definition) is 3. The summed E-state index contributed by atoms with van der Waals surface area (Å²) >= 11 is 0. The molecule has 3 heteroatoms. The van der Waals surface area contributed by atoms with Gasteiger partial charge in [-0.3, -0.25) is 4.90 Å². The molecule has 0 aromatic heterocycles. The van der Waals surface area contributed by atoms with Crippen molar-refractivity contribution >= 4 is 0 Å². The molecule has 29 heavy (non-hydrogen) atoms. The van der Waals surface area contributed by atoms with Gasteiger partial charge in [0.15, 0.2) is 0 Å². The fraction of sp³-hybridized carbons (Fsp3) is 0.538. The highest BCUT2D eigenvalue weighted by atomic mass is 16.3. The molecule has 2 saturated heterocycles. The van der Waals surface area contributed by atoms with E-state index in [1.807, 2.05) is 36.4 Å². The zero-order chi connectivity index (χ0) is 19.9. The molecule has 2 aliphatic rings. The second kappa shape index (κ2) is 9.88. The predicted molar refractivity (Wildman–Crippen MR) is 120 cm³/mol. The molecule has 1 unspecified atom stereocenters. The van der Waals surface area contributed by atoms with Crippen molar-refractivity contribution in [1.82, 2.24) is 9.80 Å². The van der Waals surface area contributed by atoms with Crippen molar-refractivity contribution in [3.05, 3.63) is 71.8 Å². The summed E-state index contributed by atoms with van der Waals surface area (Å²) in [5.41, 5.74) is 1.02. The van der Waals surface area contributed by atoms with Crippen LogP contribution in [0, 0.1) is 0 Å². The molecule has 0 radical (unpaired) electrons.